The molecular weight excluding hydrogens is 544 g/mol. The first-order chi connectivity index (χ1) is 18.5. The minimum atomic E-state index is -0.454. The summed E-state index contributed by atoms with van der Waals surface area (Å²) in [4.78, 5) is 34.5. The normalized spacial score (nSPS) is 11.8. The van der Waals surface area contributed by atoms with Gasteiger partial charge in [0.05, 0.1) is 29.7 Å². The zero-order chi connectivity index (χ0) is 27.1. The van der Waals surface area contributed by atoms with E-state index in [1.807, 2.05) is 73.7 Å². The Balaban J connectivity index is 1.88. The number of para-hydroxylation sites is 3. The average molecular weight is 578 g/mol. The topological polar surface area (TPSA) is 76.5 Å². The summed E-state index contributed by atoms with van der Waals surface area (Å²) in [5.74, 6) is 1.06. The van der Waals surface area contributed by atoms with E-state index in [1.54, 1.807) is 22.6 Å². The molecule has 0 fully saturated rings. The molecule has 8 heteroatoms. The number of fused-ring (bicyclic) bond motifs is 1. The molecular formula is C30H33BrN4O3. The summed E-state index contributed by atoms with van der Waals surface area (Å²) in [6.45, 7) is 4.68. The Morgan fingerprint density at radius 3 is 2.45 bits per heavy atom. The second-order valence-electron chi connectivity index (χ2n) is 9.06. The summed E-state index contributed by atoms with van der Waals surface area (Å²) in [7, 11) is 1.58. The summed E-state index contributed by atoms with van der Waals surface area (Å²) >= 11 is 3.44. The predicted octanol–water partition coefficient (Wildman–Crippen LogP) is 7.33. The van der Waals surface area contributed by atoms with Crippen molar-refractivity contribution in [2.75, 3.05) is 19.0 Å². The molecule has 1 N–H and O–H groups in total. The molecule has 3 aromatic carbocycles. The van der Waals surface area contributed by atoms with Gasteiger partial charge in [0.25, 0.3) is 5.56 Å². The lowest BCUT2D eigenvalue weighted by Crippen LogP contribution is -2.41. The lowest BCUT2D eigenvalue weighted by molar-refractivity contribution is 0.179. The zero-order valence-corrected chi connectivity index (χ0v) is 23.6. The van der Waals surface area contributed by atoms with Crippen LogP contribution in [0.4, 0.5) is 10.5 Å². The molecule has 38 heavy (non-hydrogen) atoms. The second-order valence-corrected chi connectivity index (χ2v) is 9.98. The fourth-order valence-corrected chi connectivity index (χ4v) is 4.89. The summed E-state index contributed by atoms with van der Waals surface area (Å²) in [6, 6.07) is 21.5. The molecule has 1 aromatic heterocycles. The lowest BCUT2D eigenvalue weighted by atomic mass is 10.1. The van der Waals surface area contributed by atoms with Gasteiger partial charge in [-0.1, -0.05) is 66.9 Å². The van der Waals surface area contributed by atoms with Gasteiger partial charge in [0, 0.05) is 16.7 Å². The SMILES string of the molecule is CCCCCN(C(=O)Nc1ccc(Br)cc1)C(CC)c1nc2ccccc2c(=O)n1-c1ccccc1OC. The number of anilines is 1. The van der Waals surface area contributed by atoms with E-state index in [0.717, 1.165) is 23.7 Å². The number of methoxy groups -OCH3 is 1. The second kappa shape index (κ2) is 12.7. The number of hydrogen-bond acceptors (Lipinski definition) is 4. The monoisotopic (exact) mass is 576 g/mol. The van der Waals surface area contributed by atoms with Crippen LogP contribution in [0.15, 0.2) is 82.1 Å². The van der Waals surface area contributed by atoms with Gasteiger partial charge in [0.1, 0.15) is 11.6 Å². The quantitative estimate of drug-likeness (QED) is 0.200. The fraction of sp³-hybridized carbons (Fsp3) is 0.300. The molecule has 198 valence electrons. The molecule has 1 atom stereocenters. The van der Waals surface area contributed by atoms with Gasteiger partial charge in [-0.2, -0.15) is 0 Å². The van der Waals surface area contributed by atoms with Gasteiger partial charge in [-0.15, -0.1) is 0 Å². The van der Waals surface area contributed by atoms with Crippen molar-refractivity contribution >= 4 is 38.6 Å². The van der Waals surface area contributed by atoms with E-state index in [9.17, 15) is 9.59 Å². The highest BCUT2D eigenvalue weighted by molar-refractivity contribution is 9.10. The molecule has 1 heterocycles. The molecule has 7 nitrogen and oxygen atoms in total. The minimum absolute atomic E-state index is 0.199. The predicted molar refractivity (Wildman–Crippen MR) is 156 cm³/mol. The van der Waals surface area contributed by atoms with Gasteiger partial charge >= 0.3 is 6.03 Å². The van der Waals surface area contributed by atoms with E-state index in [2.05, 4.69) is 28.2 Å². The van der Waals surface area contributed by atoms with Crippen molar-refractivity contribution in [3.63, 3.8) is 0 Å². The summed E-state index contributed by atoms with van der Waals surface area (Å²) < 4.78 is 8.17. The molecule has 2 amide bonds. The van der Waals surface area contributed by atoms with Gasteiger partial charge in [0.15, 0.2) is 0 Å². The van der Waals surface area contributed by atoms with Crippen LogP contribution in [0.25, 0.3) is 16.6 Å². The van der Waals surface area contributed by atoms with Crippen LogP contribution in [0.1, 0.15) is 51.4 Å². The number of nitrogens with zero attached hydrogens (tertiary/aromatic N) is 3. The van der Waals surface area contributed by atoms with Crippen molar-refractivity contribution in [3.05, 3.63) is 93.4 Å². The Kier molecular flexibility index (Phi) is 9.18. The van der Waals surface area contributed by atoms with Crippen molar-refractivity contribution in [1.82, 2.24) is 14.5 Å². The maximum absolute atomic E-state index is 14.0. The van der Waals surface area contributed by atoms with Crippen LogP contribution >= 0.6 is 15.9 Å². The smallest absolute Gasteiger partial charge is 0.322 e. The van der Waals surface area contributed by atoms with Crippen molar-refractivity contribution in [3.8, 4) is 11.4 Å². The van der Waals surface area contributed by atoms with Crippen LogP contribution in [-0.2, 0) is 0 Å². The van der Waals surface area contributed by atoms with Gasteiger partial charge in [-0.25, -0.2) is 9.78 Å². The molecule has 0 aliphatic carbocycles. The first-order valence-corrected chi connectivity index (χ1v) is 13.8. The molecule has 0 spiro atoms. The van der Waals surface area contributed by atoms with Crippen LogP contribution in [0.3, 0.4) is 0 Å². The van der Waals surface area contributed by atoms with E-state index >= 15 is 0 Å². The van der Waals surface area contributed by atoms with Crippen molar-refractivity contribution in [2.24, 2.45) is 0 Å². The Hall–Kier alpha value is -3.65. The van der Waals surface area contributed by atoms with E-state index in [0.29, 0.717) is 46.8 Å². The van der Waals surface area contributed by atoms with Gasteiger partial charge in [-0.3, -0.25) is 9.36 Å². The van der Waals surface area contributed by atoms with E-state index in [4.69, 9.17) is 9.72 Å². The largest absolute Gasteiger partial charge is 0.495 e. The number of amides is 2. The molecule has 0 bridgehead atoms. The molecule has 0 saturated heterocycles. The summed E-state index contributed by atoms with van der Waals surface area (Å²) in [5, 5.41) is 3.55. The fourth-order valence-electron chi connectivity index (χ4n) is 4.62. The van der Waals surface area contributed by atoms with Crippen LogP contribution in [-0.4, -0.2) is 34.1 Å². The number of ether oxygens (including phenoxy) is 1. The van der Waals surface area contributed by atoms with Crippen LogP contribution in [0.5, 0.6) is 5.75 Å². The Morgan fingerprint density at radius 1 is 1.03 bits per heavy atom. The number of urea groups is 1. The highest BCUT2D eigenvalue weighted by atomic mass is 79.9. The Morgan fingerprint density at radius 2 is 1.74 bits per heavy atom. The number of unbranched alkanes of at least 4 members (excludes halogenated alkanes) is 2. The zero-order valence-electron chi connectivity index (χ0n) is 22.0. The summed E-state index contributed by atoms with van der Waals surface area (Å²) in [6.07, 6.45) is 3.43. The minimum Gasteiger partial charge on any atom is -0.495 e. The highest BCUT2D eigenvalue weighted by Gasteiger charge is 2.29. The third-order valence-electron chi connectivity index (χ3n) is 6.55. The van der Waals surface area contributed by atoms with E-state index in [-0.39, 0.29) is 11.6 Å². The molecule has 4 rings (SSSR count). The molecule has 1 unspecified atom stereocenters. The van der Waals surface area contributed by atoms with Crippen molar-refractivity contribution in [1.29, 1.82) is 0 Å². The van der Waals surface area contributed by atoms with Crippen LogP contribution < -0.4 is 15.6 Å². The molecule has 0 radical (unpaired) electrons. The number of aromatic nitrogens is 2. The van der Waals surface area contributed by atoms with Crippen LogP contribution in [0, 0.1) is 0 Å². The van der Waals surface area contributed by atoms with Crippen LogP contribution in [0.2, 0.25) is 0 Å². The standard InChI is InChI=1S/C30H33BrN4O3/c1-4-6-11-20-34(30(37)32-22-18-16-21(31)17-19-22)25(5-2)28-33-24-13-8-7-12-23(24)29(36)35(28)26-14-9-10-15-27(26)38-3/h7-10,12-19,25H,4-6,11,20H2,1-3H3,(H,32,37). The number of carbonyl (C=O) groups excluding carboxylic acids is 1. The number of hydrogen-bond donors (Lipinski definition) is 1. The highest BCUT2D eigenvalue weighted by Crippen LogP contribution is 2.30. The van der Waals surface area contributed by atoms with E-state index in [1.165, 1.54) is 0 Å². The van der Waals surface area contributed by atoms with Crippen molar-refractivity contribution in [2.45, 2.75) is 45.6 Å². The molecule has 4 aromatic rings. The van der Waals surface area contributed by atoms with E-state index < -0.39 is 6.04 Å². The maximum Gasteiger partial charge on any atom is 0.322 e. The number of carbonyl (C=O) groups is 1. The number of nitrogens with one attached hydrogen (secondary N) is 1. The van der Waals surface area contributed by atoms with Crippen molar-refractivity contribution < 1.29 is 9.53 Å². The average Bonchev–Trinajstić information content (AvgIpc) is 2.94. The van der Waals surface area contributed by atoms with Gasteiger partial charge in [0.2, 0.25) is 0 Å². The number of benzene rings is 3. The number of rotatable bonds is 10. The molecule has 0 aliphatic heterocycles. The Bertz CT molecular complexity index is 1450. The Labute approximate surface area is 231 Å². The first-order valence-electron chi connectivity index (χ1n) is 13.0. The first kappa shape index (κ1) is 27.4. The number of halogens is 1. The lowest BCUT2D eigenvalue weighted by Gasteiger charge is -2.32. The third-order valence-corrected chi connectivity index (χ3v) is 7.08. The van der Waals surface area contributed by atoms with Gasteiger partial charge < -0.3 is 15.0 Å². The maximum atomic E-state index is 14.0. The van der Waals surface area contributed by atoms with Gasteiger partial charge in [-0.05, 0) is 61.4 Å². The third kappa shape index (κ3) is 5.91. The summed E-state index contributed by atoms with van der Waals surface area (Å²) in [5.41, 5.74) is 1.69. The molecule has 0 saturated carbocycles. The molecule has 0 aliphatic rings.